The monoisotopic (exact) mass is 345 g/mol. The minimum absolute atomic E-state index is 0.116. The lowest BCUT2D eigenvalue weighted by Gasteiger charge is -2.34. The third kappa shape index (κ3) is 3.51. The van der Waals surface area contributed by atoms with Crippen molar-refractivity contribution in [3.8, 4) is 0 Å². The van der Waals surface area contributed by atoms with E-state index in [0.717, 1.165) is 31.4 Å². The first-order valence-electron chi connectivity index (χ1n) is 8.75. The van der Waals surface area contributed by atoms with E-state index in [1.807, 2.05) is 0 Å². The summed E-state index contributed by atoms with van der Waals surface area (Å²) < 4.78 is 5.60. The number of aromatic amines is 1. The molecule has 25 heavy (non-hydrogen) atoms. The molecule has 2 aromatic rings. The number of ether oxygens (including phenoxy) is 1. The Morgan fingerprint density at radius 1 is 1.24 bits per heavy atom. The minimum atomic E-state index is -1.03. The number of carbonyl (C=O) groups excluding carboxylic acids is 1. The second-order valence-electron chi connectivity index (χ2n) is 7.01. The highest BCUT2D eigenvalue weighted by molar-refractivity contribution is 5.97. The summed E-state index contributed by atoms with van der Waals surface area (Å²) in [6.45, 7) is 3.98. The number of nitrogens with one attached hydrogen (secondary N) is 1. The average Bonchev–Trinajstić information content (AvgIpc) is 3.23. The van der Waals surface area contributed by atoms with Crippen molar-refractivity contribution in [2.24, 2.45) is 0 Å². The van der Waals surface area contributed by atoms with E-state index in [4.69, 9.17) is 4.74 Å². The van der Waals surface area contributed by atoms with Gasteiger partial charge in [0.1, 0.15) is 16.6 Å². The third-order valence-corrected chi connectivity index (χ3v) is 4.93. The number of amides is 1. The number of likely N-dealkylation sites (tertiary alicyclic amines) is 1. The maximum absolute atomic E-state index is 12.9. The number of hydrogen-bond acceptors (Lipinski definition) is 6. The molecule has 2 fully saturated rings. The van der Waals surface area contributed by atoms with Crippen LogP contribution in [0.2, 0.25) is 0 Å². The molecule has 0 saturated carbocycles. The van der Waals surface area contributed by atoms with E-state index in [0.29, 0.717) is 30.8 Å². The SMILES string of the molecule is O=C(c1ccc2n[nH]nc2c1)N1CCOCC(O)(CN2CCCC2)C1. The lowest BCUT2D eigenvalue weighted by atomic mass is 10.0. The Kier molecular flexibility index (Phi) is 4.41. The van der Waals surface area contributed by atoms with Crippen molar-refractivity contribution in [3.63, 3.8) is 0 Å². The van der Waals surface area contributed by atoms with Gasteiger partial charge in [-0.25, -0.2) is 0 Å². The van der Waals surface area contributed by atoms with Crippen LogP contribution in [0.3, 0.4) is 0 Å². The molecule has 1 atom stereocenters. The number of rotatable bonds is 3. The van der Waals surface area contributed by atoms with Crippen molar-refractivity contribution >= 4 is 16.9 Å². The van der Waals surface area contributed by atoms with E-state index in [-0.39, 0.29) is 19.1 Å². The number of benzene rings is 1. The lowest BCUT2D eigenvalue weighted by Crippen LogP contribution is -2.53. The summed E-state index contributed by atoms with van der Waals surface area (Å²) in [6.07, 6.45) is 2.33. The molecule has 2 N–H and O–H groups in total. The van der Waals surface area contributed by atoms with Crippen LogP contribution in [0.1, 0.15) is 23.2 Å². The topological polar surface area (TPSA) is 94.6 Å². The molecule has 8 heteroatoms. The Hall–Kier alpha value is -2.03. The van der Waals surface area contributed by atoms with Gasteiger partial charge in [0.25, 0.3) is 5.91 Å². The van der Waals surface area contributed by atoms with Crippen LogP contribution in [0.25, 0.3) is 11.0 Å². The van der Waals surface area contributed by atoms with Gasteiger partial charge in [0.15, 0.2) is 0 Å². The number of β-amino-alcohol motifs (C(OH)–C–C–N with tert-alkyl or cyclic N) is 1. The van der Waals surface area contributed by atoms with Gasteiger partial charge in [-0.15, -0.1) is 0 Å². The van der Waals surface area contributed by atoms with E-state index in [1.165, 1.54) is 0 Å². The molecule has 134 valence electrons. The molecule has 1 amide bonds. The molecule has 0 bridgehead atoms. The first-order chi connectivity index (χ1) is 12.1. The lowest BCUT2D eigenvalue weighted by molar-refractivity contribution is -0.0524. The zero-order chi connectivity index (χ0) is 17.3. The van der Waals surface area contributed by atoms with Gasteiger partial charge in [0, 0.05) is 18.7 Å². The van der Waals surface area contributed by atoms with E-state index >= 15 is 0 Å². The number of nitrogens with zero attached hydrogens (tertiary/aromatic N) is 4. The van der Waals surface area contributed by atoms with Crippen molar-refractivity contribution in [2.75, 3.05) is 45.9 Å². The maximum Gasteiger partial charge on any atom is 0.254 e. The molecule has 2 saturated heterocycles. The summed E-state index contributed by atoms with van der Waals surface area (Å²) in [7, 11) is 0. The number of fused-ring (bicyclic) bond motifs is 1. The van der Waals surface area contributed by atoms with Crippen molar-refractivity contribution in [2.45, 2.75) is 18.4 Å². The minimum Gasteiger partial charge on any atom is -0.384 e. The van der Waals surface area contributed by atoms with Crippen LogP contribution in [-0.2, 0) is 4.74 Å². The summed E-state index contributed by atoms with van der Waals surface area (Å²) in [4.78, 5) is 16.9. The molecule has 1 unspecified atom stereocenters. The molecular formula is C17H23N5O3. The normalized spacial score (nSPS) is 25.4. The smallest absolute Gasteiger partial charge is 0.254 e. The molecule has 1 aromatic heterocycles. The van der Waals surface area contributed by atoms with Gasteiger partial charge in [-0.05, 0) is 44.1 Å². The van der Waals surface area contributed by atoms with E-state index in [2.05, 4.69) is 20.3 Å². The van der Waals surface area contributed by atoms with Crippen LogP contribution in [0.15, 0.2) is 18.2 Å². The fourth-order valence-corrected chi connectivity index (χ4v) is 3.70. The fraction of sp³-hybridized carbons (Fsp3) is 0.588. The molecule has 0 aliphatic carbocycles. The summed E-state index contributed by atoms with van der Waals surface area (Å²) in [5.74, 6) is -0.116. The van der Waals surface area contributed by atoms with E-state index in [1.54, 1.807) is 23.1 Å². The van der Waals surface area contributed by atoms with Crippen molar-refractivity contribution in [1.82, 2.24) is 25.2 Å². The van der Waals surface area contributed by atoms with Gasteiger partial charge in [-0.3, -0.25) is 4.79 Å². The van der Waals surface area contributed by atoms with Crippen LogP contribution >= 0.6 is 0 Å². The predicted molar refractivity (Wildman–Crippen MR) is 91.2 cm³/mol. The number of hydrogen-bond donors (Lipinski definition) is 2. The molecule has 1 aromatic carbocycles. The zero-order valence-corrected chi connectivity index (χ0v) is 14.1. The van der Waals surface area contributed by atoms with Gasteiger partial charge in [-0.1, -0.05) is 0 Å². The summed E-state index contributed by atoms with van der Waals surface area (Å²) in [5.41, 5.74) is 0.895. The van der Waals surface area contributed by atoms with Crippen LogP contribution < -0.4 is 0 Å². The summed E-state index contributed by atoms with van der Waals surface area (Å²) >= 11 is 0. The second-order valence-corrected chi connectivity index (χ2v) is 7.01. The second kappa shape index (κ2) is 6.70. The molecule has 0 radical (unpaired) electrons. The van der Waals surface area contributed by atoms with Gasteiger partial charge in [0.2, 0.25) is 0 Å². The Morgan fingerprint density at radius 2 is 2.04 bits per heavy atom. The van der Waals surface area contributed by atoms with Gasteiger partial charge in [0.05, 0.1) is 19.8 Å². The Bertz CT molecular complexity index is 758. The molecule has 8 nitrogen and oxygen atoms in total. The fourth-order valence-electron chi connectivity index (χ4n) is 3.70. The van der Waals surface area contributed by atoms with Crippen LogP contribution in [0.5, 0.6) is 0 Å². The molecule has 4 rings (SSSR count). The Morgan fingerprint density at radius 3 is 2.88 bits per heavy atom. The van der Waals surface area contributed by atoms with Gasteiger partial charge < -0.3 is 19.6 Å². The highest BCUT2D eigenvalue weighted by Gasteiger charge is 2.36. The number of H-pyrrole nitrogens is 1. The van der Waals surface area contributed by atoms with Gasteiger partial charge >= 0.3 is 0 Å². The van der Waals surface area contributed by atoms with Crippen LogP contribution in [0, 0.1) is 0 Å². The predicted octanol–water partition coefficient (Wildman–Crippen LogP) is 0.257. The number of aromatic nitrogens is 3. The number of carbonyl (C=O) groups is 1. The largest absolute Gasteiger partial charge is 0.384 e. The summed E-state index contributed by atoms with van der Waals surface area (Å²) in [5, 5.41) is 21.6. The third-order valence-electron chi connectivity index (χ3n) is 4.93. The van der Waals surface area contributed by atoms with Crippen LogP contribution in [-0.4, -0.2) is 87.8 Å². The molecule has 2 aliphatic heterocycles. The Balaban J connectivity index is 1.52. The Labute approximate surface area is 145 Å². The maximum atomic E-state index is 12.9. The van der Waals surface area contributed by atoms with Crippen molar-refractivity contribution in [3.05, 3.63) is 23.8 Å². The molecule has 2 aliphatic rings. The highest BCUT2D eigenvalue weighted by atomic mass is 16.5. The van der Waals surface area contributed by atoms with Crippen molar-refractivity contribution in [1.29, 1.82) is 0 Å². The molecule has 3 heterocycles. The van der Waals surface area contributed by atoms with E-state index < -0.39 is 5.60 Å². The van der Waals surface area contributed by atoms with Crippen LogP contribution in [0.4, 0.5) is 0 Å². The summed E-state index contributed by atoms with van der Waals surface area (Å²) in [6, 6.07) is 5.25. The quantitative estimate of drug-likeness (QED) is 0.829. The molecular weight excluding hydrogens is 322 g/mol. The first-order valence-corrected chi connectivity index (χ1v) is 8.75. The zero-order valence-electron chi connectivity index (χ0n) is 14.1. The highest BCUT2D eigenvalue weighted by Crippen LogP contribution is 2.20. The van der Waals surface area contributed by atoms with Crippen molar-refractivity contribution < 1.29 is 14.6 Å². The standard InChI is InChI=1S/C17H23N5O3/c23-16(13-3-4-14-15(9-13)19-20-18-14)22-7-8-25-12-17(24,11-22)10-21-5-1-2-6-21/h3-4,9,24H,1-2,5-8,10-12H2,(H,18,19,20). The van der Waals surface area contributed by atoms with Gasteiger partial charge in [-0.2, -0.15) is 15.4 Å². The first kappa shape index (κ1) is 16.4. The average molecular weight is 345 g/mol. The number of aliphatic hydroxyl groups is 1. The molecule has 0 spiro atoms. The van der Waals surface area contributed by atoms with E-state index in [9.17, 15) is 9.90 Å².